The first-order chi connectivity index (χ1) is 12.8. The van der Waals surface area contributed by atoms with Crippen molar-refractivity contribution < 1.29 is 8.42 Å². The zero-order valence-corrected chi connectivity index (χ0v) is 16.6. The van der Waals surface area contributed by atoms with E-state index in [2.05, 4.69) is 9.71 Å². The zero-order chi connectivity index (χ0) is 19.4. The number of aliphatic imine (C=N–C) groups is 1. The molecule has 1 N–H and O–H groups in total. The minimum Gasteiger partial charge on any atom is -0.279 e. The van der Waals surface area contributed by atoms with Crippen LogP contribution in [0.1, 0.15) is 16.7 Å². The van der Waals surface area contributed by atoms with E-state index in [1.54, 1.807) is 36.5 Å². The average Bonchev–Trinajstić information content (AvgIpc) is 2.63. The van der Waals surface area contributed by atoms with E-state index in [1.807, 2.05) is 38.1 Å². The van der Waals surface area contributed by atoms with Crippen molar-refractivity contribution in [3.63, 3.8) is 0 Å². The average molecular weight is 399 g/mol. The number of hydrogen-bond acceptors (Lipinski definition) is 3. The Balaban J connectivity index is 1.77. The monoisotopic (exact) mass is 398 g/mol. The lowest BCUT2D eigenvalue weighted by Crippen LogP contribution is -2.13. The summed E-state index contributed by atoms with van der Waals surface area (Å²) in [6.07, 6.45) is 1.68. The Morgan fingerprint density at radius 3 is 2.37 bits per heavy atom. The molecule has 0 radical (unpaired) electrons. The Hall–Kier alpha value is -2.63. The molecule has 138 valence electrons. The van der Waals surface area contributed by atoms with Crippen LogP contribution in [0, 0.1) is 13.8 Å². The molecule has 3 rings (SSSR count). The quantitative estimate of drug-likeness (QED) is 0.576. The molecule has 0 bridgehead atoms. The number of anilines is 1. The van der Waals surface area contributed by atoms with Gasteiger partial charge >= 0.3 is 0 Å². The van der Waals surface area contributed by atoms with Crippen molar-refractivity contribution in [2.24, 2.45) is 4.99 Å². The summed E-state index contributed by atoms with van der Waals surface area (Å²) in [7, 11) is -3.66. The van der Waals surface area contributed by atoms with E-state index in [-0.39, 0.29) is 4.90 Å². The molecule has 3 aromatic carbocycles. The largest absolute Gasteiger partial charge is 0.279 e. The van der Waals surface area contributed by atoms with Crippen molar-refractivity contribution in [1.82, 2.24) is 0 Å². The van der Waals surface area contributed by atoms with Crippen LogP contribution in [0.4, 0.5) is 11.4 Å². The zero-order valence-electron chi connectivity index (χ0n) is 15.0. The molecule has 0 saturated heterocycles. The molecular formula is C21H19ClN2O2S. The third-order valence-electron chi connectivity index (χ3n) is 3.98. The predicted molar refractivity (Wildman–Crippen MR) is 112 cm³/mol. The second-order valence-electron chi connectivity index (χ2n) is 6.23. The van der Waals surface area contributed by atoms with E-state index >= 15 is 0 Å². The van der Waals surface area contributed by atoms with Gasteiger partial charge in [-0.2, -0.15) is 0 Å². The van der Waals surface area contributed by atoms with Gasteiger partial charge in [0.05, 0.1) is 16.3 Å². The van der Waals surface area contributed by atoms with Gasteiger partial charge in [-0.3, -0.25) is 9.71 Å². The molecule has 27 heavy (non-hydrogen) atoms. The smallest absolute Gasteiger partial charge is 0.261 e. The van der Waals surface area contributed by atoms with Gasteiger partial charge in [-0.15, -0.1) is 0 Å². The Morgan fingerprint density at radius 2 is 1.70 bits per heavy atom. The predicted octanol–water partition coefficient (Wildman–Crippen LogP) is 5.51. The Kier molecular flexibility index (Phi) is 5.63. The SMILES string of the molecule is Cc1ccc(NS(=O)(=O)c2ccc(N=Cc3cccc(Cl)c3)cc2)c(C)c1. The molecule has 0 aliphatic heterocycles. The highest BCUT2D eigenvalue weighted by Crippen LogP contribution is 2.22. The van der Waals surface area contributed by atoms with Gasteiger partial charge in [0.2, 0.25) is 0 Å². The summed E-state index contributed by atoms with van der Waals surface area (Å²) in [5, 5.41) is 0.637. The molecule has 0 aliphatic rings. The van der Waals surface area contributed by atoms with Crippen LogP contribution in [0.2, 0.25) is 5.02 Å². The third-order valence-corrected chi connectivity index (χ3v) is 5.60. The maximum absolute atomic E-state index is 12.6. The lowest BCUT2D eigenvalue weighted by atomic mass is 10.1. The van der Waals surface area contributed by atoms with E-state index in [0.29, 0.717) is 16.4 Å². The van der Waals surface area contributed by atoms with Gasteiger partial charge in [-0.05, 0) is 67.4 Å². The highest BCUT2D eigenvalue weighted by atomic mass is 35.5. The standard InChI is InChI=1S/C21H19ClN2O2S/c1-15-6-11-21(16(2)12-15)24-27(25,26)20-9-7-19(8-10-20)23-14-17-4-3-5-18(22)13-17/h3-14,24H,1-2H3. The van der Waals surface area contributed by atoms with Crippen LogP contribution in [0.25, 0.3) is 0 Å². The number of sulfonamides is 1. The second-order valence-corrected chi connectivity index (χ2v) is 8.35. The number of nitrogens with zero attached hydrogens (tertiary/aromatic N) is 1. The summed E-state index contributed by atoms with van der Waals surface area (Å²) >= 11 is 5.95. The first-order valence-corrected chi connectivity index (χ1v) is 10.2. The minimum atomic E-state index is -3.66. The molecule has 0 unspecified atom stereocenters. The summed E-state index contributed by atoms with van der Waals surface area (Å²) in [6, 6.07) is 19.3. The van der Waals surface area contributed by atoms with Gasteiger partial charge in [-0.1, -0.05) is 41.4 Å². The molecule has 0 spiro atoms. The topological polar surface area (TPSA) is 58.5 Å². The van der Waals surface area contributed by atoms with Gasteiger partial charge in [0.15, 0.2) is 0 Å². The summed E-state index contributed by atoms with van der Waals surface area (Å²) < 4.78 is 27.8. The fourth-order valence-corrected chi connectivity index (χ4v) is 3.91. The van der Waals surface area contributed by atoms with Gasteiger partial charge < -0.3 is 0 Å². The van der Waals surface area contributed by atoms with Crippen molar-refractivity contribution in [3.05, 3.63) is 88.4 Å². The fourth-order valence-electron chi connectivity index (χ4n) is 2.58. The molecular weight excluding hydrogens is 380 g/mol. The van der Waals surface area contributed by atoms with Crippen LogP contribution < -0.4 is 4.72 Å². The van der Waals surface area contributed by atoms with Crippen molar-refractivity contribution >= 4 is 39.2 Å². The molecule has 3 aromatic rings. The van der Waals surface area contributed by atoms with E-state index in [4.69, 9.17) is 11.6 Å². The second kappa shape index (κ2) is 7.94. The van der Waals surface area contributed by atoms with Crippen molar-refractivity contribution in [2.75, 3.05) is 4.72 Å². The van der Waals surface area contributed by atoms with E-state index < -0.39 is 10.0 Å². The maximum Gasteiger partial charge on any atom is 0.261 e. The van der Waals surface area contributed by atoms with Crippen LogP contribution in [0.5, 0.6) is 0 Å². The highest BCUT2D eigenvalue weighted by Gasteiger charge is 2.15. The highest BCUT2D eigenvalue weighted by molar-refractivity contribution is 7.92. The molecule has 0 saturated carbocycles. The molecule has 6 heteroatoms. The lowest BCUT2D eigenvalue weighted by Gasteiger charge is -2.11. The molecule has 0 amide bonds. The molecule has 0 fully saturated rings. The minimum absolute atomic E-state index is 0.184. The van der Waals surface area contributed by atoms with Crippen LogP contribution in [0.3, 0.4) is 0 Å². The lowest BCUT2D eigenvalue weighted by molar-refractivity contribution is 0.601. The van der Waals surface area contributed by atoms with Gasteiger partial charge in [0.1, 0.15) is 0 Å². The molecule has 4 nitrogen and oxygen atoms in total. The summed E-state index contributed by atoms with van der Waals surface area (Å²) in [5.74, 6) is 0. The fraction of sp³-hybridized carbons (Fsp3) is 0.0952. The Labute approximate surface area is 164 Å². The van der Waals surface area contributed by atoms with E-state index in [9.17, 15) is 8.42 Å². The van der Waals surface area contributed by atoms with Crippen LogP contribution in [0.15, 0.2) is 76.6 Å². The first kappa shape index (κ1) is 19.1. The van der Waals surface area contributed by atoms with E-state index in [0.717, 1.165) is 16.7 Å². The Bertz CT molecular complexity index is 1090. The number of benzene rings is 3. The van der Waals surface area contributed by atoms with Crippen molar-refractivity contribution in [2.45, 2.75) is 18.7 Å². The normalized spacial score (nSPS) is 11.7. The van der Waals surface area contributed by atoms with Crippen LogP contribution in [-0.2, 0) is 10.0 Å². The van der Waals surface area contributed by atoms with Gasteiger partial charge in [-0.25, -0.2) is 8.42 Å². The first-order valence-electron chi connectivity index (χ1n) is 8.33. The molecule has 0 atom stereocenters. The third kappa shape index (κ3) is 4.96. The summed E-state index contributed by atoms with van der Waals surface area (Å²) in [5.41, 5.74) is 4.05. The molecule has 0 aromatic heterocycles. The van der Waals surface area contributed by atoms with Crippen LogP contribution >= 0.6 is 11.6 Å². The van der Waals surface area contributed by atoms with Crippen LogP contribution in [-0.4, -0.2) is 14.6 Å². The number of halogens is 1. The summed E-state index contributed by atoms with van der Waals surface area (Å²) in [6.45, 7) is 3.84. The van der Waals surface area contributed by atoms with E-state index in [1.165, 1.54) is 12.1 Å². The maximum atomic E-state index is 12.6. The number of aryl methyl sites for hydroxylation is 2. The number of rotatable bonds is 5. The molecule has 0 aliphatic carbocycles. The number of nitrogens with one attached hydrogen (secondary N) is 1. The Morgan fingerprint density at radius 1 is 0.963 bits per heavy atom. The van der Waals surface area contributed by atoms with Gasteiger partial charge in [0.25, 0.3) is 10.0 Å². The van der Waals surface area contributed by atoms with Crippen molar-refractivity contribution in [3.8, 4) is 0 Å². The van der Waals surface area contributed by atoms with Crippen molar-refractivity contribution in [1.29, 1.82) is 0 Å². The summed E-state index contributed by atoms with van der Waals surface area (Å²) in [4.78, 5) is 4.53. The molecule has 0 heterocycles. The number of hydrogen-bond donors (Lipinski definition) is 1. The van der Waals surface area contributed by atoms with Gasteiger partial charge in [0, 0.05) is 11.2 Å².